The van der Waals surface area contributed by atoms with Gasteiger partial charge in [-0.15, -0.1) is 6.58 Å². The highest BCUT2D eigenvalue weighted by Gasteiger charge is 2.47. The van der Waals surface area contributed by atoms with Gasteiger partial charge in [0.2, 0.25) is 0 Å². The smallest absolute Gasteiger partial charge is 0.253 e. The minimum absolute atomic E-state index is 0.182. The van der Waals surface area contributed by atoms with Crippen molar-refractivity contribution in [3.8, 4) is 0 Å². The first kappa shape index (κ1) is 16.4. The summed E-state index contributed by atoms with van der Waals surface area (Å²) in [5.74, 6) is 0.182. The second-order valence-corrected chi connectivity index (χ2v) is 7.62. The summed E-state index contributed by atoms with van der Waals surface area (Å²) in [7, 11) is 0. The number of piperidine rings is 1. The maximum Gasteiger partial charge on any atom is 0.253 e. The molecule has 25 heavy (non-hydrogen) atoms. The van der Waals surface area contributed by atoms with Crippen molar-refractivity contribution in [1.29, 1.82) is 0 Å². The summed E-state index contributed by atoms with van der Waals surface area (Å²) in [6.07, 6.45) is 3.47. The van der Waals surface area contributed by atoms with Crippen LogP contribution in [0.3, 0.4) is 0 Å². The molecule has 1 saturated heterocycles. The number of hydrogen-bond acceptors (Lipinski definition) is 4. The van der Waals surface area contributed by atoms with Crippen molar-refractivity contribution < 1.29 is 4.79 Å². The van der Waals surface area contributed by atoms with Crippen LogP contribution in [0.15, 0.2) is 53.7 Å². The molecule has 4 rings (SSSR count). The summed E-state index contributed by atoms with van der Waals surface area (Å²) in [5, 5.41) is 7.91. The van der Waals surface area contributed by atoms with Crippen LogP contribution in [-0.2, 0) is 11.3 Å². The first-order chi connectivity index (χ1) is 12.2. The Morgan fingerprint density at radius 1 is 1.24 bits per heavy atom. The van der Waals surface area contributed by atoms with Crippen LogP contribution in [0.5, 0.6) is 0 Å². The van der Waals surface area contributed by atoms with Gasteiger partial charge >= 0.3 is 0 Å². The monoisotopic (exact) mass is 353 g/mol. The van der Waals surface area contributed by atoms with Crippen molar-refractivity contribution in [3.05, 3.63) is 59.3 Å². The van der Waals surface area contributed by atoms with Gasteiger partial charge in [-0.1, -0.05) is 18.2 Å². The number of rotatable bonds is 4. The van der Waals surface area contributed by atoms with E-state index in [1.54, 1.807) is 17.4 Å². The summed E-state index contributed by atoms with van der Waals surface area (Å²) >= 11 is 1.74. The van der Waals surface area contributed by atoms with E-state index in [-0.39, 0.29) is 5.91 Å². The van der Waals surface area contributed by atoms with E-state index in [2.05, 4.69) is 39.7 Å². The third-order valence-corrected chi connectivity index (χ3v) is 5.96. The van der Waals surface area contributed by atoms with Gasteiger partial charge in [-0.2, -0.15) is 11.3 Å². The molecule has 0 atom stereocenters. The topological polar surface area (TPSA) is 35.6 Å². The van der Waals surface area contributed by atoms with Crippen LogP contribution in [0.25, 0.3) is 0 Å². The van der Waals surface area contributed by atoms with Gasteiger partial charge in [0.25, 0.3) is 5.91 Å². The number of para-hydroxylation sites is 2. The molecule has 2 aliphatic heterocycles. The quantitative estimate of drug-likeness (QED) is 0.851. The van der Waals surface area contributed by atoms with Gasteiger partial charge in [-0.05, 0) is 47.4 Å². The van der Waals surface area contributed by atoms with Crippen LogP contribution in [-0.4, -0.2) is 36.0 Å². The van der Waals surface area contributed by atoms with Crippen molar-refractivity contribution in [2.24, 2.45) is 0 Å². The molecule has 1 aromatic carbocycles. The fraction of sp³-hybridized carbons (Fsp3) is 0.350. The summed E-state index contributed by atoms with van der Waals surface area (Å²) in [4.78, 5) is 17.6. The largest absolute Gasteiger partial charge is 0.369 e. The van der Waals surface area contributed by atoms with Crippen molar-refractivity contribution >= 4 is 28.6 Å². The SMILES string of the molecule is C=CCN1C(=O)C2(CCN(Cc3ccsc3)CC2)Nc2ccccc21. The Morgan fingerprint density at radius 2 is 2.04 bits per heavy atom. The molecule has 1 spiro atoms. The molecule has 0 saturated carbocycles. The minimum atomic E-state index is -0.484. The second kappa shape index (κ2) is 6.65. The van der Waals surface area contributed by atoms with Crippen LogP contribution in [0.2, 0.25) is 0 Å². The number of carbonyl (C=O) groups excluding carboxylic acids is 1. The maximum atomic E-state index is 13.3. The normalized spacial score (nSPS) is 19.5. The minimum Gasteiger partial charge on any atom is -0.369 e. The molecule has 5 heteroatoms. The number of nitrogens with zero attached hydrogens (tertiary/aromatic N) is 2. The lowest BCUT2D eigenvalue weighted by atomic mass is 9.83. The molecule has 0 radical (unpaired) electrons. The Bertz CT molecular complexity index is 763. The van der Waals surface area contributed by atoms with E-state index in [4.69, 9.17) is 0 Å². The highest BCUT2D eigenvalue weighted by atomic mass is 32.1. The first-order valence-electron chi connectivity index (χ1n) is 8.75. The third-order valence-electron chi connectivity index (χ3n) is 5.23. The van der Waals surface area contributed by atoms with E-state index in [1.165, 1.54) is 5.56 Å². The van der Waals surface area contributed by atoms with Gasteiger partial charge in [0, 0.05) is 26.2 Å². The molecule has 1 aromatic heterocycles. The van der Waals surface area contributed by atoms with Crippen molar-refractivity contribution in [2.45, 2.75) is 24.9 Å². The molecule has 0 bridgehead atoms. The lowest BCUT2D eigenvalue weighted by molar-refractivity contribution is -0.124. The predicted octanol–water partition coefficient (Wildman–Crippen LogP) is 3.73. The molecule has 3 heterocycles. The van der Waals surface area contributed by atoms with E-state index in [1.807, 2.05) is 23.1 Å². The fourth-order valence-electron chi connectivity index (χ4n) is 3.88. The number of anilines is 2. The lowest BCUT2D eigenvalue weighted by Crippen LogP contribution is -2.61. The van der Waals surface area contributed by atoms with Crippen LogP contribution < -0.4 is 10.2 Å². The molecule has 2 aromatic rings. The molecule has 1 N–H and O–H groups in total. The predicted molar refractivity (Wildman–Crippen MR) is 104 cm³/mol. The van der Waals surface area contributed by atoms with E-state index >= 15 is 0 Å². The number of amides is 1. The standard InChI is InChI=1S/C20H23N3OS/c1-2-10-23-18-6-4-3-5-17(18)21-20(19(23)24)8-11-22(12-9-20)14-16-7-13-25-15-16/h2-7,13,15,21H,1,8-12,14H2. The van der Waals surface area contributed by atoms with E-state index in [0.717, 1.165) is 43.9 Å². The molecule has 0 aliphatic carbocycles. The maximum absolute atomic E-state index is 13.3. The molecule has 4 nitrogen and oxygen atoms in total. The van der Waals surface area contributed by atoms with Crippen LogP contribution in [0.4, 0.5) is 11.4 Å². The molecule has 0 unspecified atom stereocenters. The Morgan fingerprint density at radius 3 is 2.76 bits per heavy atom. The van der Waals surface area contributed by atoms with Gasteiger partial charge in [0.15, 0.2) is 0 Å². The molecule has 1 amide bonds. The van der Waals surface area contributed by atoms with Crippen LogP contribution in [0.1, 0.15) is 18.4 Å². The summed E-state index contributed by atoms with van der Waals surface area (Å²) in [6.45, 7) is 7.21. The number of hydrogen-bond donors (Lipinski definition) is 1. The van der Waals surface area contributed by atoms with Gasteiger partial charge in [-0.3, -0.25) is 9.69 Å². The van der Waals surface area contributed by atoms with Crippen molar-refractivity contribution in [3.63, 3.8) is 0 Å². The first-order valence-corrected chi connectivity index (χ1v) is 9.70. The van der Waals surface area contributed by atoms with Gasteiger partial charge in [0.05, 0.1) is 11.4 Å². The van der Waals surface area contributed by atoms with Gasteiger partial charge in [0.1, 0.15) is 5.54 Å². The van der Waals surface area contributed by atoms with Crippen molar-refractivity contribution in [1.82, 2.24) is 4.90 Å². The Kier molecular flexibility index (Phi) is 4.36. The molecule has 2 aliphatic rings. The summed E-state index contributed by atoms with van der Waals surface area (Å²) in [5.41, 5.74) is 2.89. The number of carbonyl (C=O) groups is 1. The number of nitrogens with one attached hydrogen (secondary N) is 1. The number of thiophene rings is 1. The Labute approximate surface area is 152 Å². The zero-order chi connectivity index (χ0) is 17.3. The molecule has 1 fully saturated rings. The van der Waals surface area contributed by atoms with E-state index < -0.39 is 5.54 Å². The fourth-order valence-corrected chi connectivity index (χ4v) is 4.54. The lowest BCUT2D eigenvalue weighted by Gasteiger charge is -2.47. The number of likely N-dealkylation sites (tertiary alicyclic amines) is 1. The Hall–Kier alpha value is -2.11. The number of benzene rings is 1. The van der Waals surface area contributed by atoms with Crippen molar-refractivity contribution in [2.75, 3.05) is 29.9 Å². The summed E-state index contributed by atoms with van der Waals surface area (Å²) < 4.78 is 0. The van der Waals surface area contributed by atoms with E-state index in [9.17, 15) is 4.79 Å². The highest BCUT2D eigenvalue weighted by Crippen LogP contribution is 2.39. The summed E-state index contributed by atoms with van der Waals surface area (Å²) in [6, 6.07) is 10.2. The van der Waals surface area contributed by atoms with Crippen LogP contribution >= 0.6 is 11.3 Å². The Balaban J connectivity index is 1.54. The van der Waals surface area contributed by atoms with E-state index in [0.29, 0.717) is 6.54 Å². The third kappa shape index (κ3) is 2.98. The highest BCUT2D eigenvalue weighted by molar-refractivity contribution is 7.07. The average Bonchev–Trinajstić information content (AvgIpc) is 3.14. The van der Waals surface area contributed by atoms with Crippen LogP contribution in [0, 0.1) is 0 Å². The van der Waals surface area contributed by atoms with Gasteiger partial charge < -0.3 is 10.2 Å². The molecular weight excluding hydrogens is 330 g/mol. The zero-order valence-electron chi connectivity index (χ0n) is 14.3. The second-order valence-electron chi connectivity index (χ2n) is 6.84. The number of fused-ring (bicyclic) bond motifs is 1. The molecular formula is C20H23N3OS. The zero-order valence-corrected chi connectivity index (χ0v) is 15.1. The molecule has 130 valence electrons. The van der Waals surface area contributed by atoms with Gasteiger partial charge in [-0.25, -0.2) is 0 Å². The average molecular weight is 353 g/mol.